The number of rotatable bonds is 9. The van der Waals surface area contributed by atoms with Crippen LogP contribution in [-0.4, -0.2) is 31.4 Å². The van der Waals surface area contributed by atoms with E-state index in [1.165, 1.54) is 23.0 Å². The minimum Gasteiger partial charge on any atom is -0.496 e. The van der Waals surface area contributed by atoms with E-state index in [-0.39, 0.29) is 24.3 Å². The van der Waals surface area contributed by atoms with Gasteiger partial charge in [0, 0.05) is 21.2 Å². The molecule has 240 valence electrons. The molecular formula is C36H30Cl2N2O6S. The summed E-state index contributed by atoms with van der Waals surface area (Å²) in [6.07, 6.45) is 1.82. The molecule has 4 aromatic carbocycles. The smallest absolute Gasteiger partial charge is 0.338 e. The van der Waals surface area contributed by atoms with Crippen molar-refractivity contribution in [2.45, 2.75) is 26.5 Å². The van der Waals surface area contributed by atoms with Crippen LogP contribution in [0.4, 0.5) is 0 Å². The van der Waals surface area contributed by atoms with Crippen LogP contribution in [0.3, 0.4) is 0 Å². The molecule has 1 aromatic heterocycles. The quantitative estimate of drug-likeness (QED) is 0.157. The number of ether oxygens (including phenoxy) is 4. The van der Waals surface area contributed by atoms with Crippen molar-refractivity contribution in [3.8, 4) is 17.2 Å². The van der Waals surface area contributed by atoms with Crippen molar-refractivity contribution in [3.05, 3.63) is 130 Å². The highest BCUT2D eigenvalue weighted by atomic mass is 35.5. The van der Waals surface area contributed by atoms with E-state index in [4.69, 9.17) is 47.1 Å². The SMILES string of the molecule is CCOC(=O)C1=C(C)N=c2sc(=Cc3c(OC)ccc4ccccc34)c(=O)n2[C@@H]1c1ccc(OCc2ccc(Cl)cc2Cl)c(OC)c1. The lowest BCUT2D eigenvalue weighted by molar-refractivity contribution is -0.139. The molecular weight excluding hydrogens is 659 g/mol. The van der Waals surface area contributed by atoms with Gasteiger partial charge in [0.05, 0.1) is 42.7 Å². The van der Waals surface area contributed by atoms with E-state index in [1.807, 2.05) is 42.5 Å². The standard InChI is InChI=1S/C36H30Cl2N2O6S/c1-5-45-35(42)32-20(2)39-36-40(34(41)31(47-36)18-26-25-9-7-6-8-21(25)11-14-28(26)43-3)33(32)22-12-15-29(30(16-22)44-4)46-19-23-10-13-24(37)17-27(23)38/h6-18,33H,5,19H2,1-4H3/t33-/m1/s1. The Kier molecular flexibility index (Phi) is 9.40. The van der Waals surface area contributed by atoms with Gasteiger partial charge < -0.3 is 18.9 Å². The highest BCUT2D eigenvalue weighted by Crippen LogP contribution is 2.37. The van der Waals surface area contributed by atoms with Crippen molar-refractivity contribution < 1.29 is 23.7 Å². The third kappa shape index (κ3) is 6.26. The second kappa shape index (κ2) is 13.7. The second-order valence-corrected chi connectivity index (χ2v) is 12.5. The summed E-state index contributed by atoms with van der Waals surface area (Å²) in [5.74, 6) is 0.944. The molecule has 0 aliphatic carbocycles. The van der Waals surface area contributed by atoms with Crippen LogP contribution in [0.1, 0.15) is 36.6 Å². The Morgan fingerprint density at radius 1 is 0.979 bits per heavy atom. The first-order valence-electron chi connectivity index (χ1n) is 14.7. The molecule has 0 bridgehead atoms. The first-order chi connectivity index (χ1) is 22.7. The Morgan fingerprint density at radius 2 is 1.74 bits per heavy atom. The number of hydrogen-bond acceptors (Lipinski definition) is 8. The lowest BCUT2D eigenvalue weighted by atomic mass is 9.95. The molecule has 0 saturated heterocycles. The normalized spacial score (nSPS) is 14.5. The predicted octanol–water partition coefficient (Wildman–Crippen LogP) is 6.85. The Labute approximate surface area is 284 Å². The summed E-state index contributed by atoms with van der Waals surface area (Å²) in [5, 5.41) is 2.97. The topological polar surface area (TPSA) is 88.4 Å². The maximum Gasteiger partial charge on any atom is 0.338 e. The van der Waals surface area contributed by atoms with Crippen molar-refractivity contribution in [2.75, 3.05) is 20.8 Å². The number of aromatic nitrogens is 1. The van der Waals surface area contributed by atoms with Crippen LogP contribution in [0, 0.1) is 0 Å². The van der Waals surface area contributed by atoms with Gasteiger partial charge in [-0.25, -0.2) is 9.79 Å². The third-order valence-corrected chi connectivity index (χ3v) is 9.41. The van der Waals surface area contributed by atoms with Gasteiger partial charge in [0.2, 0.25) is 0 Å². The van der Waals surface area contributed by atoms with Crippen LogP contribution in [0.5, 0.6) is 17.2 Å². The lowest BCUT2D eigenvalue weighted by Gasteiger charge is -2.25. The number of carbonyl (C=O) groups is 1. The number of carbonyl (C=O) groups excluding carboxylic acids is 1. The summed E-state index contributed by atoms with van der Waals surface area (Å²) < 4.78 is 24.9. The molecule has 47 heavy (non-hydrogen) atoms. The minimum absolute atomic E-state index is 0.164. The zero-order valence-electron chi connectivity index (χ0n) is 26.0. The van der Waals surface area contributed by atoms with Crippen molar-refractivity contribution >= 4 is 57.4 Å². The molecule has 1 aliphatic rings. The molecule has 1 aliphatic heterocycles. The average molecular weight is 690 g/mol. The van der Waals surface area contributed by atoms with Crippen molar-refractivity contribution in [3.63, 3.8) is 0 Å². The van der Waals surface area contributed by atoms with E-state index in [9.17, 15) is 9.59 Å². The van der Waals surface area contributed by atoms with E-state index in [0.29, 0.717) is 47.9 Å². The van der Waals surface area contributed by atoms with E-state index < -0.39 is 12.0 Å². The highest BCUT2D eigenvalue weighted by Gasteiger charge is 2.34. The van der Waals surface area contributed by atoms with Crippen LogP contribution < -0.4 is 29.1 Å². The Hall–Kier alpha value is -4.57. The number of thiazole rings is 1. The monoisotopic (exact) mass is 688 g/mol. The fraction of sp³-hybridized carbons (Fsp3) is 0.194. The van der Waals surface area contributed by atoms with E-state index in [0.717, 1.165) is 21.9 Å². The van der Waals surface area contributed by atoms with E-state index >= 15 is 0 Å². The summed E-state index contributed by atoms with van der Waals surface area (Å²) in [4.78, 5) is 32.9. The number of allylic oxidation sites excluding steroid dienone is 1. The maximum absolute atomic E-state index is 14.3. The molecule has 0 unspecified atom stereocenters. The fourth-order valence-electron chi connectivity index (χ4n) is 5.61. The summed E-state index contributed by atoms with van der Waals surface area (Å²) in [6.45, 7) is 3.81. The van der Waals surface area contributed by atoms with Gasteiger partial charge in [-0.3, -0.25) is 9.36 Å². The second-order valence-electron chi connectivity index (χ2n) is 10.6. The van der Waals surface area contributed by atoms with Crippen molar-refractivity contribution in [1.82, 2.24) is 4.57 Å². The van der Waals surface area contributed by atoms with Crippen LogP contribution in [-0.2, 0) is 16.1 Å². The number of nitrogens with zero attached hydrogens (tertiary/aromatic N) is 2. The minimum atomic E-state index is -0.837. The third-order valence-electron chi connectivity index (χ3n) is 7.84. The first-order valence-corrected chi connectivity index (χ1v) is 16.3. The molecule has 0 N–H and O–H groups in total. The number of hydrogen-bond donors (Lipinski definition) is 0. The Bertz CT molecular complexity index is 2240. The zero-order chi connectivity index (χ0) is 33.2. The molecule has 2 heterocycles. The fourth-order valence-corrected chi connectivity index (χ4v) is 7.10. The maximum atomic E-state index is 14.3. The molecule has 5 aromatic rings. The number of halogens is 2. The van der Waals surface area contributed by atoms with Gasteiger partial charge in [-0.2, -0.15) is 0 Å². The van der Waals surface area contributed by atoms with Gasteiger partial charge in [0.1, 0.15) is 12.4 Å². The Morgan fingerprint density at radius 3 is 2.49 bits per heavy atom. The summed E-state index contributed by atoms with van der Waals surface area (Å²) in [7, 11) is 3.13. The van der Waals surface area contributed by atoms with Crippen LogP contribution in [0.2, 0.25) is 10.0 Å². The molecule has 0 saturated carbocycles. The van der Waals surface area contributed by atoms with Crippen LogP contribution in [0.15, 0.2) is 93.9 Å². The number of esters is 1. The molecule has 0 spiro atoms. The van der Waals surface area contributed by atoms with Gasteiger partial charge in [-0.15, -0.1) is 0 Å². The zero-order valence-corrected chi connectivity index (χ0v) is 28.3. The van der Waals surface area contributed by atoms with Gasteiger partial charge in [0.25, 0.3) is 5.56 Å². The molecule has 8 nitrogen and oxygen atoms in total. The highest BCUT2D eigenvalue weighted by molar-refractivity contribution is 7.07. The first kappa shape index (κ1) is 32.4. The van der Waals surface area contributed by atoms with E-state index in [2.05, 4.69) is 0 Å². The summed E-state index contributed by atoms with van der Waals surface area (Å²) in [5.41, 5.74) is 2.56. The number of fused-ring (bicyclic) bond motifs is 2. The summed E-state index contributed by atoms with van der Waals surface area (Å²) >= 11 is 13.6. The number of methoxy groups -OCH3 is 2. The molecule has 11 heteroatoms. The predicted molar refractivity (Wildman–Crippen MR) is 185 cm³/mol. The molecule has 0 amide bonds. The van der Waals surface area contributed by atoms with Gasteiger partial charge in [0.15, 0.2) is 16.3 Å². The van der Waals surface area contributed by atoms with E-state index in [1.54, 1.807) is 57.4 Å². The van der Waals surface area contributed by atoms with Crippen molar-refractivity contribution in [2.24, 2.45) is 4.99 Å². The molecule has 0 radical (unpaired) electrons. The average Bonchev–Trinajstić information content (AvgIpc) is 3.37. The van der Waals surface area contributed by atoms with Gasteiger partial charge in [-0.05, 0) is 66.6 Å². The number of benzene rings is 4. The van der Waals surface area contributed by atoms with Gasteiger partial charge >= 0.3 is 5.97 Å². The molecule has 0 fully saturated rings. The molecule has 1 atom stereocenters. The van der Waals surface area contributed by atoms with Crippen LogP contribution >= 0.6 is 34.5 Å². The van der Waals surface area contributed by atoms with Gasteiger partial charge in [-0.1, -0.05) is 77.0 Å². The van der Waals surface area contributed by atoms with Crippen molar-refractivity contribution in [1.29, 1.82) is 0 Å². The Balaban J connectivity index is 1.48. The van der Waals surface area contributed by atoms with Crippen LogP contribution in [0.25, 0.3) is 16.8 Å². The lowest BCUT2D eigenvalue weighted by Crippen LogP contribution is -2.40. The molecule has 6 rings (SSSR count). The largest absolute Gasteiger partial charge is 0.496 e. The summed E-state index contributed by atoms with van der Waals surface area (Å²) in [6, 6.07) is 21.4.